The van der Waals surface area contributed by atoms with Crippen molar-refractivity contribution in [2.24, 2.45) is 11.3 Å². The predicted octanol–water partition coefficient (Wildman–Crippen LogP) is 3.93. The van der Waals surface area contributed by atoms with Crippen molar-refractivity contribution in [3.63, 3.8) is 0 Å². The van der Waals surface area contributed by atoms with E-state index in [1.807, 2.05) is 18.5 Å². The van der Waals surface area contributed by atoms with Gasteiger partial charge in [0.05, 0.1) is 13.2 Å². The number of alkyl halides is 9. The molecule has 0 bridgehead atoms. The van der Waals surface area contributed by atoms with E-state index in [-0.39, 0.29) is 0 Å². The number of rotatable bonds is 5. The number of aromatic nitrogens is 1. The Morgan fingerprint density at radius 3 is 1.87 bits per heavy atom. The Balaban J connectivity index is 0.000000413. The summed E-state index contributed by atoms with van der Waals surface area (Å²) >= 11 is 0. The van der Waals surface area contributed by atoms with E-state index in [2.05, 4.69) is 27.9 Å². The van der Waals surface area contributed by atoms with Gasteiger partial charge in [-0.15, -0.1) is 0 Å². The molecule has 3 saturated heterocycles. The number of ether oxygens (including phenoxy) is 2. The van der Waals surface area contributed by atoms with Gasteiger partial charge in [0.1, 0.15) is 0 Å². The Morgan fingerprint density at radius 1 is 0.935 bits per heavy atom. The van der Waals surface area contributed by atoms with Crippen molar-refractivity contribution in [1.82, 2.24) is 14.8 Å². The molecule has 0 amide bonds. The van der Waals surface area contributed by atoms with Gasteiger partial charge in [0.25, 0.3) is 0 Å². The lowest BCUT2D eigenvalue weighted by Gasteiger charge is -2.34. The lowest BCUT2D eigenvalue weighted by molar-refractivity contribution is -0.193. The molecule has 0 radical (unpaired) electrons. The zero-order chi connectivity index (χ0) is 35.3. The molecule has 3 N–H and O–H groups in total. The van der Waals surface area contributed by atoms with Crippen molar-refractivity contribution in [2.45, 2.75) is 50.4 Å². The number of aliphatic carboxylic acids is 3. The smallest absolute Gasteiger partial charge is 0.475 e. The highest BCUT2D eigenvalue weighted by Gasteiger charge is 2.50. The summed E-state index contributed by atoms with van der Waals surface area (Å²) < 4.78 is 107. The molecule has 0 aliphatic carbocycles. The summed E-state index contributed by atoms with van der Waals surface area (Å²) in [5, 5.41) is 21.4. The van der Waals surface area contributed by atoms with Crippen molar-refractivity contribution >= 4 is 17.9 Å². The largest absolute Gasteiger partial charge is 0.490 e. The van der Waals surface area contributed by atoms with Gasteiger partial charge in [-0.1, -0.05) is 6.07 Å². The van der Waals surface area contributed by atoms with Gasteiger partial charge in [-0.3, -0.25) is 9.88 Å². The molecular formula is C26H34F9N3O8. The van der Waals surface area contributed by atoms with Crippen LogP contribution in [-0.2, 0) is 30.5 Å². The third-order valence-corrected chi connectivity index (χ3v) is 7.14. The van der Waals surface area contributed by atoms with Gasteiger partial charge in [0, 0.05) is 62.6 Å². The number of halogens is 9. The van der Waals surface area contributed by atoms with Crippen LogP contribution in [0, 0.1) is 11.3 Å². The number of pyridine rings is 1. The van der Waals surface area contributed by atoms with Gasteiger partial charge in [-0.05, 0) is 44.5 Å². The molecule has 4 rings (SSSR count). The number of carboxylic acids is 3. The van der Waals surface area contributed by atoms with Gasteiger partial charge >= 0.3 is 36.4 Å². The Kier molecular flexibility index (Phi) is 15.6. The second-order valence-corrected chi connectivity index (χ2v) is 10.6. The van der Waals surface area contributed by atoms with E-state index in [1.54, 1.807) is 0 Å². The molecule has 1 spiro atoms. The third-order valence-electron chi connectivity index (χ3n) is 7.14. The first-order valence-electron chi connectivity index (χ1n) is 13.5. The number of carbonyl (C=O) groups is 3. The molecule has 3 aliphatic rings. The summed E-state index contributed by atoms with van der Waals surface area (Å²) in [5.74, 6) is -7.63. The van der Waals surface area contributed by atoms with Crippen LogP contribution in [-0.4, -0.2) is 126 Å². The molecule has 46 heavy (non-hydrogen) atoms. The van der Waals surface area contributed by atoms with Crippen LogP contribution in [0.3, 0.4) is 0 Å². The normalized spacial score (nSPS) is 22.5. The second kappa shape index (κ2) is 17.6. The van der Waals surface area contributed by atoms with Crippen LogP contribution in [0.4, 0.5) is 39.5 Å². The van der Waals surface area contributed by atoms with Gasteiger partial charge in [0.2, 0.25) is 0 Å². The van der Waals surface area contributed by atoms with Crippen LogP contribution < -0.4 is 0 Å². The minimum atomic E-state index is -5.08. The maximum Gasteiger partial charge on any atom is 0.490 e. The van der Waals surface area contributed by atoms with Crippen LogP contribution in [0.2, 0.25) is 0 Å². The lowest BCUT2D eigenvalue weighted by Crippen LogP contribution is -2.42. The highest BCUT2D eigenvalue weighted by Crippen LogP contribution is 2.44. The van der Waals surface area contributed by atoms with Crippen molar-refractivity contribution in [3.8, 4) is 0 Å². The molecule has 0 unspecified atom stereocenters. The second-order valence-electron chi connectivity index (χ2n) is 10.6. The average Bonchev–Trinajstić information content (AvgIpc) is 3.51. The zero-order valence-electron chi connectivity index (χ0n) is 24.4. The van der Waals surface area contributed by atoms with E-state index in [4.69, 9.17) is 39.2 Å². The Labute approximate surface area is 256 Å². The van der Waals surface area contributed by atoms with Crippen molar-refractivity contribution in [1.29, 1.82) is 0 Å². The fourth-order valence-electron chi connectivity index (χ4n) is 5.09. The monoisotopic (exact) mass is 687 g/mol. The summed E-state index contributed by atoms with van der Waals surface area (Å²) in [6.45, 7) is 8.27. The zero-order valence-corrected chi connectivity index (χ0v) is 24.4. The van der Waals surface area contributed by atoms with E-state index < -0.39 is 36.4 Å². The van der Waals surface area contributed by atoms with E-state index >= 15 is 0 Å². The summed E-state index contributed by atoms with van der Waals surface area (Å²) in [5.41, 5.74) is 1.58. The summed E-state index contributed by atoms with van der Waals surface area (Å²) in [4.78, 5) is 36.1. The third kappa shape index (κ3) is 14.5. The number of hydrogen-bond acceptors (Lipinski definition) is 8. The molecule has 264 valence electrons. The van der Waals surface area contributed by atoms with Crippen LogP contribution >= 0.6 is 0 Å². The quantitative estimate of drug-likeness (QED) is 0.387. The SMILES string of the molecule is CN1C[C@H](COCc2cccnc2)[C@]2(CCN(C3CCOCC3)C2)C1.O=C(O)C(F)(F)F.O=C(O)C(F)(F)F.O=C(O)C(F)(F)F. The van der Waals surface area contributed by atoms with Gasteiger partial charge < -0.3 is 29.7 Å². The fourth-order valence-corrected chi connectivity index (χ4v) is 5.09. The van der Waals surface area contributed by atoms with Gasteiger partial charge in [0.15, 0.2) is 0 Å². The van der Waals surface area contributed by atoms with Crippen LogP contribution in [0.1, 0.15) is 24.8 Å². The highest BCUT2D eigenvalue weighted by molar-refractivity contribution is 5.73. The minimum Gasteiger partial charge on any atom is -0.475 e. The van der Waals surface area contributed by atoms with E-state index in [9.17, 15) is 39.5 Å². The molecule has 2 atom stereocenters. The van der Waals surface area contributed by atoms with Crippen molar-refractivity contribution < 1.29 is 78.7 Å². The molecule has 0 saturated carbocycles. The van der Waals surface area contributed by atoms with Gasteiger partial charge in [-0.2, -0.15) is 39.5 Å². The summed E-state index contributed by atoms with van der Waals surface area (Å²) in [7, 11) is 2.26. The molecule has 0 aromatic carbocycles. The fraction of sp³-hybridized carbons (Fsp3) is 0.692. The summed E-state index contributed by atoms with van der Waals surface area (Å²) in [6, 6.07) is 4.80. The minimum absolute atomic E-state index is 0.419. The first kappa shape index (κ1) is 40.8. The highest BCUT2D eigenvalue weighted by atomic mass is 19.4. The Bertz CT molecular complexity index is 1040. The van der Waals surface area contributed by atoms with Crippen molar-refractivity contribution in [2.75, 3.05) is 53.0 Å². The average molecular weight is 688 g/mol. The molecule has 4 heterocycles. The standard InChI is InChI=1S/C20H31N3O2.3C2HF3O2/c1-22-12-18(14-25-13-17-3-2-7-21-11-17)20(15-22)6-8-23(16-20)19-4-9-24-10-5-19;3*3-2(4,5)1(6)7/h2-3,7,11,18-19H,4-6,8-10,12-16H2,1H3;3*(H,6,7)/t18-,20-;;;/m1.../s1. The van der Waals surface area contributed by atoms with Gasteiger partial charge in [-0.25, -0.2) is 14.4 Å². The van der Waals surface area contributed by atoms with Crippen LogP contribution in [0.25, 0.3) is 0 Å². The molecule has 20 heteroatoms. The van der Waals surface area contributed by atoms with E-state index in [0.717, 1.165) is 38.0 Å². The van der Waals surface area contributed by atoms with E-state index in [1.165, 1.54) is 38.9 Å². The predicted molar refractivity (Wildman–Crippen MR) is 138 cm³/mol. The lowest BCUT2D eigenvalue weighted by atomic mass is 9.77. The molecule has 3 fully saturated rings. The van der Waals surface area contributed by atoms with Crippen molar-refractivity contribution in [3.05, 3.63) is 30.1 Å². The molecular weight excluding hydrogens is 653 g/mol. The molecule has 1 aromatic rings. The number of likely N-dealkylation sites (tertiary alicyclic amines) is 2. The first-order chi connectivity index (χ1) is 21.1. The molecule has 3 aliphatic heterocycles. The van der Waals surface area contributed by atoms with Crippen LogP contribution in [0.15, 0.2) is 24.5 Å². The molecule has 1 aromatic heterocycles. The number of hydrogen-bond donors (Lipinski definition) is 3. The number of carboxylic acid groups (broad SMARTS) is 3. The topological polar surface area (TPSA) is 150 Å². The van der Waals surface area contributed by atoms with Crippen LogP contribution in [0.5, 0.6) is 0 Å². The maximum absolute atomic E-state index is 10.6. The first-order valence-corrected chi connectivity index (χ1v) is 13.5. The summed E-state index contributed by atoms with van der Waals surface area (Å²) in [6.07, 6.45) is -7.81. The Hall–Kier alpha value is -3.23. The Morgan fingerprint density at radius 2 is 1.43 bits per heavy atom. The maximum atomic E-state index is 10.6. The number of nitrogens with zero attached hydrogens (tertiary/aromatic N) is 3. The molecule has 11 nitrogen and oxygen atoms in total. The van der Waals surface area contributed by atoms with E-state index in [0.29, 0.717) is 17.9 Å².